The normalized spacial score (nSPS) is 25.9. The molecule has 0 saturated carbocycles. The van der Waals surface area contributed by atoms with Gasteiger partial charge in [0.2, 0.25) is 0 Å². The van der Waals surface area contributed by atoms with Gasteiger partial charge in [-0.2, -0.15) is 0 Å². The Balaban J connectivity index is 2.86. The molecule has 0 spiro atoms. The van der Waals surface area contributed by atoms with Crippen molar-refractivity contribution in [1.82, 2.24) is 5.12 Å². The number of hydrogen-bond donors (Lipinski definition) is 0. The minimum absolute atomic E-state index is 0.184. The molecule has 4 heteroatoms. The average molecular weight is 373 g/mol. The zero-order valence-corrected chi connectivity index (χ0v) is 18.0. The smallest absolute Gasteiger partial charge is 0.0904 e. The number of allylic oxidation sites excluding steroid dienone is 5. The van der Waals surface area contributed by atoms with Gasteiger partial charge in [0, 0.05) is 22.8 Å². The predicted molar refractivity (Wildman–Crippen MR) is 112 cm³/mol. The molecular formula is C23H33FN2O. The van der Waals surface area contributed by atoms with Gasteiger partial charge < -0.3 is 4.74 Å². The molecule has 2 heterocycles. The molecule has 0 aromatic rings. The van der Waals surface area contributed by atoms with Crippen LogP contribution in [-0.4, -0.2) is 24.0 Å². The van der Waals surface area contributed by atoms with E-state index in [0.29, 0.717) is 5.70 Å². The molecule has 0 aromatic heterocycles. The van der Waals surface area contributed by atoms with Crippen molar-refractivity contribution in [3.05, 3.63) is 57.7 Å². The fraction of sp³-hybridized carbons (Fsp3) is 0.522. The maximum Gasteiger partial charge on any atom is 0.0904 e. The molecule has 27 heavy (non-hydrogen) atoms. The van der Waals surface area contributed by atoms with E-state index in [9.17, 15) is 0 Å². The van der Waals surface area contributed by atoms with Crippen molar-refractivity contribution in [2.75, 3.05) is 7.11 Å². The Morgan fingerprint density at radius 1 is 1.26 bits per heavy atom. The van der Waals surface area contributed by atoms with Gasteiger partial charge in [-0.05, 0) is 64.2 Å². The van der Waals surface area contributed by atoms with E-state index >= 15 is 4.48 Å². The van der Waals surface area contributed by atoms with Crippen LogP contribution in [0, 0.1) is 5.92 Å². The Bertz CT molecular complexity index is 780. The molecule has 0 amide bonds. The quantitative estimate of drug-likeness (QED) is 0.304. The summed E-state index contributed by atoms with van der Waals surface area (Å²) in [5.41, 5.74) is 7.60. The van der Waals surface area contributed by atoms with Crippen molar-refractivity contribution in [2.45, 2.75) is 67.3 Å². The predicted octanol–water partition coefficient (Wildman–Crippen LogP) is 6.44. The van der Waals surface area contributed by atoms with Gasteiger partial charge >= 0.3 is 0 Å². The summed E-state index contributed by atoms with van der Waals surface area (Å²) in [6.07, 6.45) is 7.42. The fourth-order valence-corrected chi connectivity index (χ4v) is 4.39. The molecule has 0 N–H and O–H groups in total. The van der Waals surface area contributed by atoms with Gasteiger partial charge in [-0.15, -0.1) is 0 Å². The first kappa shape index (κ1) is 21.2. The standard InChI is InChI=1S/C23H33FN2O/c1-9-12-18(13-27-8)21(22-14(4)19(10-2)16(6)25-22)23-15(5)20(11-3)17(7)26(23)24/h9,12-13,17,20H,10-11H2,1-8H3/b12-9-,18-13+,22-21-. The molecule has 0 bridgehead atoms. The third kappa shape index (κ3) is 3.67. The number of aliphatic imine (C=N–C) groups is 1. The van der Waals surface area contributed by atoms with Gasteiger partial charge in [-0.3, -0.25) is 4.99 Å². The van der Waals surface area contributed by atoms with Crippen LogP contribution in [0.2, 0.25) is 0 Å². The summed E-state index contributed by atoms with van der Waals surface area (Å²) in [5, 5.41) is 0.931. The van der Waals surface area contributed by atoms with Gasteiger partial charge in [-0.25, -0.2) is 5.12 Å². The van der Waals surface area contributed by atoms with Crippen molar-refractivity contribution >= 4 is 5.71 Å². The first-order chi connectivity index (χ1) is 12.8. The van der Waals surface area contributed by atoms with E-state index in [0.717, 1.165) is 51.7 Å². The van der Waals surface area contributed by atoms with Crippen LogP contribution in [0.25, 0.3) is 0 Å². The first-order valence-electron chi connectivity index (χ1n) is 9.86. The van der Waals surface area contributed by atoms with E-state index in [2.05, 4.69) is 20.8 Å². The molecule has 0 aliphatic carbocycles. The molecule has 0 radical (unpaired) electrons. The molecule has 3 nitrogen and oxygen atoms in total. The van der Waals surface area contributed by atoms with Crippen molar-refractivity contribution in [2.24, 2.45) is 10.9 Å². The third-order valence-corrected chi connectivity index (χ3v) is 5.75. The summed E-state index contributed by atoms with van der Waals surface area (Å²) < 4.78 is 20.7. The molecule has 2 atom stereocenters. The van der Waals surface area contributed by atoms with Gasteiger partial charge in [0.15, 0.2) is 0 Å². The molecule has 0 saturated heterocycles. The van der Waals surface area contributed by atoms with Gasteiger partial charge in [0.25, 0.3) is 0 Å². The maximum atomic E-state index is 15.4. The summed E-state index contributed by atoms with van der Waals surface area (Å²) in [6.45, 7) is 14.3. The van der Waals surface area contributed by atoms with E-state index in [-0.39, 0.29) is 12.0 Å². The van der Waals surface area contributed by atoms with Crippen LogP contribution in [0.15, 0.2) is 62.7 Å². The van der Waals surface area contributed by atoms with E-state index in [1.165, 1.54) is 5.57 Å². The molecular weight excluding hydrogens is 339 g/mol. The summed E-state index contributed by atoms with van der Waals surface area (Å²) in [7, 11) is 1.62. The first-order valence-corrected chi connectivity index (χ1v) is 9.86. The summed E-state index contributed by atoms with van der Waals surface area (Å²) in [4.78, 5) is 4.86. The molecule has 2 unspecified atom stereocenters. The Morgan fingerprint density at radius 3 is 2.37 bits per heavy atom. The molecule has 0 fully saturated rings. The van der Waals surface area contributed by atoms with Crippen LogP contribution >= 0.6 is 0 Å². The third-order valence-electron chi connectivity index (χ3n) is 5.75. The lowest BCUT2D eigenvalue weighted by Crippen LogP contribution is -2.25. The van der Waals surface area contributed by atoms with Crippen molar-refractivity contribution < 1.29 is 9.22 Å². The van der Waals surface area contributed by atoms with Crippen LogP contribution in [0.3, 0.4) is 0 Å². The van der Waals surface area contributed by atoms with Crippen molar-refractivity contribution in [3.8, 4) is 0 Å². The summed E-state index contributed by atoms with van der Waals surface area (Å²) >= 11 is 0. The monoisotopic (exact) mass is 372 g/mol. The van der Waals surface area contributed by atoms with E-state index in [1.807, 2.05) is 39.8 Å². The Hall–Kier alpha value is -2.10. The Morgan fingerprint density at radius 2 is 1.93 bits per heavy atom. The fourth-order valence-electron chi connectivity index (χ4n) is 4.39. The number of rotatable bonds is 6. The van der Waals surface area contributed by atoms with E-state index in [1.54, 1.807) is 13.4 Å². The second-order valence-corrected chi connectivity index (χ2v) is 7.28. The summed E-state index contributed by atoms with van der Waals surface area (Å²) in [5.74, 6) is 0.191. The number of ether oxygens (including phenoxy) is 1. The average Bonchev–Trinajstić information content (AvgIpc) is 3.03. The van der Waals surface area contributed by atoms with Crippen molar-refractivity contribution in [3.63, 3.8) is 0 Å². The second-order valence-electron chi connectivity index (χ2n) is 7.28. The Kier molecular flexibility index (Phi) is 6.85. The summed E-state index contributed by atoms with van der Waals surface area (Å²) in [6, 6.07) is -0.184. The minimum atomic E-state index is -0.184. The van der Waals surface area contributed by atoms with Gasteiger partial charge in [-0.1, -0.05) is 30.5 Å². The zero-order chi connectivity index (χ0) is 20.3. The van der Waals surface area contributed by atoms with E-state index < -0.39 is 0 Å². The number of methoxy groups -OCH3 is 1. The minimum Gasteiger partial charge on any atom is -0.504 e. The highest BCUT2D eigenvalue weighted by Crippen LogP contribution is 2.45. The van der Waals surface area contributed by atoms with Crippen LogP contribution in [0.4, 0.5) is 4.48 Å². The van der Waals surface area contributed by atoms with Crippen LogP contribution < -0.4 is 0 Å². The largest absolute Gasteiger partial charge is 0.504 e. The topological polar surface area (TPSA) is 24.8 Å². The van der Waals surface area contributed by atoms with Crippen LogP contribution in [0.5, 0.6) is 0 Å². The van der Waals surface area contributed by atoms with E-state index in [4.69, 9.17) is 9.73 Å². The van der Waals surface area contributed by atoms with Gasteiger partial charge in [0.1, 0.15) is 0 Å². The lowest BCUT2D eigenvalue weighted by Gasteiger charge is -2.22. The number of halogens is 1. The highest BCUT2D eigenvalue weighted by atomic mass is 19.2. The highest BCUT2D eigenvalue weighted by Gasteiger charge is 2.39. The van der Waals surface area contributed by atoms with Crippen molar-refractivity contribution in [1.29, 1.82) is 0 Å². The Labute approximate surface area is 163 Å². The lowest BCUT2D eigenvalue weighted by atomic mass is 9.90. The van der Waals surface area contributed by atoms with Gasteiger partial charge in [0.05, 0.1) is 30.8 Å². The molecule has 0 aromatic carbocycles. The molecule has 148 valence electrons. The number of nitrogens with zero attached hydrogens (tertiary/aromatic N) is 2. The highest BCUT2D eigenvalue weighted by molar-refractivity contribution is 6.03. The second kappa shape index (κ2) is 8.73. The molecule has 2 rings (SSSR count). The van der Waals surface area contributed by atoms with Crippen LogP contribution in [-0.2, 0) is 4.74 Å². The zero-order valence-electron chi connectivity index (χ0n) is 18.0. The number of hydrogen-bond acceptors (Lipinski definition) is 3. The lowest BCUT2D eigenvalue weighted by molar-refractivity contribution is 0.0301. The molecule has 2 aliphatic heterocycles. The molecule has 2 aliphatic rings. The maximum absolute atomic E-state index is 15.4. The SMILES string of the molecule is C\C=C/C(=C\OC)C(/C1=C(C)C(CC)C(C)N1F)=C1/N=C(C)C(CC)=C1C. The van der Waals surface area contributed by atoms with Crippen LogP contribution in [0.1, 0.15) is 61.3 Å².